The van der Waals surface area contributed by atoms with Gasteiger partial charge in [-0.25, -0.2) is 4.68 Å². The van der Waals surface area contributed by atoms with Crippen LogP contribution in [-0.2, 0) is 6.67 Å². The van der Waals surface area contributed by atoms with Gasteiger partial charge in [0.25, 0.3) is 0 Å². The lowest BCUT2D eigenvalue weighted by atomic mass is 10.2. The summed E-state index contributed by atoms with van der Waals surface area (Å²) in [5.74, 6) is 0.896. The van der Waals surface area contributed by atoms with Crippen LogP contribution in [0.5, 0.6) is 5.75 Å². The van der Waals surface area contributed by atoms with Crippen LogP contribution in [0.1, 0.15) is 19.9 Å². The summed E-state index contributed by atoms with van der Waals surface area (Å²) in [5.41, 5.74) is 1.25. The molecule has 130 valence electrons. The third-order valence-electron chi connectivity index (χ3n) is 4.46. The second-order valence-electron chi connectivity index (χ2n) is 6.36. The van der Waals surface area contributed by atoms with E-state index in [1.165, 1.54) is 5.69 Å². The van der Waals surface area contributed by atoms with Crippen LogP contribution in [0.3, 0.4) is 0 Å². The number of aromatic nitrogens is 3. The molecule has 1 aliphatic heterocycles. The Morgan fingerprint density at radius 2 is 1.79 bits per heavy atom. The fourth-order valence-corrected chi connectivity index (χ4v) is 3.29. The van der Waals surface area contributed by atoms with Crippen LogP contribution >= 0.6 is 12.2 Å². The van der Waals surface area contributed by atoms with Crippen LogP contribution in [0.2, 0.25) is 0 Å². The zero-order valence-corrected chi connectivity index (χ0v) is 15.4. The molecule has 0 aliphatic carbocycles. The predicted molar refractivity (Wildman–Crippen MR) is 98.2 cm³/mol. The lowest BCUT2D eigenvalue weighted by Crippen LogP contribution is -2.47. The molecule has 0 amide bonds. The van der Waals surface area contributed by atoms with E-state index in [1.807, 2.05) is 27.7 Å². The van der Waals surface area contributed by atoms with Gasteiger partial charge < -0.3 is 14.2 Å². The number of hydrogen-bond acceptors (Lipinski definition) is 5. The van der Waals surface area contributed by atoms with E-state index < -0.39 is 0 Å². The first-order chi connectivity index (χ1) is 11.6. The van der Waals surface area contributed by atoms with Crippen LogP contribution < -0.4 is 9.64 Å². The van der Waals surface area contributed by atoms with Gasteiger partial charge in [-0.05, 0) is 50.3 Å². The fourth-order valence-electron chi connectivity index (χ4n) is 2.93. The molecular weight excluding hydrogens is 322 g/mol. The molecule has 1 fully saturated rings. The van der Waals surface area contributed by atoms with Gasteiger partial charge in [0.05, 0.1) is 13.8 Å². The number of anilines is 1. The Hall–Kier alpha value is -1.86. The Morgan fingerprint density at radius 3 is 2.33 bits per heavy atom. The lowest BCUT2D eigenvalue weighted by Gasteiger charge is -2.35. The molecule has 7 heteroatoms. The quantitative estimate of drug-likeness (QED) is 0.778. The summed E-state index contributed by atoms with van der Waals surface area (Å²) in [6.07, 6.45) is 1.83. The van der Waals surface area contributed by atoms with Crippen molar-refractivity contribution in [2.24, 2.45) is 0 Å². The van der Waals surface area contributed by atoms with Crippen molar-refractivity contribution in [1.82, 2.24) is 19.2 Å². The van der Waals surface area contributed by atoms with E-state index in [0.717, 1.165) is 43.4 Å². The van der Waals surface area contributed by atoms with E-state index >= 15 is 0 Å². The molecule has 6 nitrogen and oxygen atoms in total. The SMILES string of the molecule is COc1ccc(N2CCN(Cn3ncn(C(C)C)c3=S)CC2)cc1. The Morgan fingerprint density at radius 1 is 1.12 bits per heavy atom. The third-order valence-corrected chi connectivity index (χ3v) is 4.88. The first-order valence-electron chi connectivity index (χ1n) is 8.34. The third kappa shape index (κ3) is 3.62. The molecule has 1 aromatic heterocycles. The minimum absolute atomic E-state index is 0.346. The zero-order valence-electron chi connectivity index (χ0n) is 14.6. The monoisotopic (exact) mass is 347 g/mol. The van der Waals surface area contributed by atoms with Gasteiger partial charge >= 0.3 is 0 Å². The molecule has 24 heavy (non-hydrogen) atoms. The number of ether oxygens (including phenoxy) is 1. The molecule has 1 aromatic carbocycles. The van der Waals surface area contributed by atoms with Crippen LogP contribution in [0.15, 0.2) is 30.6 Å². The minimum atomic E-state index is 0.346. The second kappa shape index (κ2) is 7.36. The standard InChI is InChI=1S/C17H25N5OS/c1-14(2)21-12-18-22(17(21)24)13-19-8-10-20(11-9-19)15-4-6-16(23-3)7-5-15/h4-7,12,14H,8-11,13H2,1-3H3. The predicted octanol–water partition coefficient (Wildman–Crippen LogP) is 2.78. The molecule has 2 aromatic rings. The molecule has 2 heterocycles. The van der Waals surface area contributed by atoms with Gasteiger partial charge in [-0.15, -0.1) is 0 Å². The normalized spacial score (nSPS) is 15.9. The molecule has 0 atom stereocenters. The van der Waals surface area contributed by atoms with Crippen molar-refractivity contribution in [2.75, 3.05) is 38.2 Å². The highest BCUT2D eigenvalue weighted by molar-refractivity contribution is 7.71. The maximum atomic E-state index is 5.51. The van der Waals surface area contributed by atoms with Crippen molar-refractivity contribution in [1.29, 1.82) is 0 Å². The highest BCUT2D eigenvalue weighted by Gasteiger charge is 2.18. The van der Waals surface area contributed by atoms with E-state index in [1.54, 1.807) is 7.11 Å². The summed E-state index contributed by atoms with van der Waals surface area (Å²) in [7, 11) is 1.69. The average Bonchev–Trinajstić information content (AvgIpc) is 2.96. The molecular formula is C17H25N5OS. The van der Waals surface area contributed by atoms with Crippen molar-refractivity contribution in [2.45, 2.75) is 26.6 Å². The summed E-state index contributed by atoms with van der Waals surface area (Å²) in [5, 5.41) is 4.43. The molecule has 0 radical (unpaired) electrons. The van der Waals surface area contributed by atoms with E-state index in [9.17, 15) is 0 Å². The molecule has 0 spiro atoms. The summed E-state index contributed by atoms with van der Waals surface area (Å²) in [4.78, 5) is 4.80. The van der Waals surface area contributed by atoms with Crippen LogP contribution in [0, 0.1) is 4.77 Å². The van der Waals surface area contributed by atoms with Crippen LogP contribution in [0.4, 0.5) is 5.69 Å². The van der Waals surface area contributed by atoms with Gasteiger partial charge in [0, 0.05) is 37.9 Å². The van der Waals surface area contributed by atoms with E-state index in [2.05, 4.69) is 40.9 Å². The molecule has 0 bridgehead atoms. The summed E-state index contributed by atoms with van der Waals surface area (Å²) < 4.78 is 9.96. The Labute approximate surface area is 148 Å². The van der Waals surface area contributed by atoms with E-state index in [-0.39, 0.29) is 0 Å². The highest BCUT2D eigenvalue weighted by Crippen LogP contribution is 2.20. The van der Waals surface area contributed by atoms with Gasteiger partial charge in [-0.2, -0.15) is 5.10 Å². The van der Waals surface area contributed by atoms with E-state index in [4.69, 9.17) is 17.0 Å². The zero-order chi connectivity index (χ0) is 17.1. The van der Waals surface area contributed by atoms with Gasteiger partial charge in [0.2, 0.25) is 0 Å². The van der Waals surface area contributed by atoms with Gasteiger partial charge in [0.1, 0.15) is 12.1 Å². The molecule has 0 N–H and O–H groups in total. The van der Waals surface area contributed by atoms with E-state index in [0.29, 0.717) is 6.04 Å². The maximum Gasteiger partial charge on any atom is 0.199 e. The number of benzene rings is 1. The molecule has 1 aliphatic rings. The van der Waals surface area contributed by atoms with Crippen LogP contribution in [0.25, 0.3) is 0 Å². The summed E-state index contributed by atoms with van der Waals surface area (Å²) in [6.45, 7) is 9.01. The number of hydrogen-bond donors (Lipinski definition) is 0. The van der Waals surface area contributed by atoms with Gasteiger partial charge in [0.15, 0.2) is 4.77 Å². The Kier molecular flexibility index (Phi) is 5.20. The van der Waals surface area contributed by atoms with Gasteiger partial charge in [-0.3, -0.25) is 4.90 Å². The van der Waals surface area contributed by atoms with Crippen LogP contribution in [-0.4, -0.2) is 52.5 Å². The first kappa shape index (κ1) is 17.0. The number of nitrogens with zero attached hydrogens (tertiary/aromatic N) is 5. The second-order valence-corrected chi connectivity index (χ2v) is 6.72. The summed E-state index contributed by atoms with van der Waals surface area (Å²) >= 11 is 5.51. The van der Waals surface area contributed by atoms with Crippen molar-refractivity contribution >= 4 is 17.9 Å². The first-order valence-corrected chi connectivity index (χ1v) is 8.74. The topological polar surface area (TPSA) is 38.5 Å². The molecule has 0 unspecified atom stereocenters. The number of piperazine rings is 1. The molecule has 3 rings (SSSR count). The maximum absolute atomic E-state index is 5.51. The lowest BCUT2D eigenvalue weighted by molar-refractivity contribution is 0.194. The smallest absolute Gasteiger partial charge is 0.199 e. The number of methoxy groups -OCH3 is 1. The summed E-state index contributed by atoms with van der Waals surface area (Å²) in [6, 6.07) is 8.61. The van der Waals surface area contributed by atoms with Gasteiger partial charge in [-0.1, -0.05) is 0 Å². The highest BCUT2D eigenvalue weighted by atomic mass is 32.1. The number of rotatable bonds is 5. The Bertz CT molecular complexity index is 713. The fraction of sp³-hybridized carbons (Fsp3) is 0.529. The average molecular weight is 347 g/mol. The minimum Gasteiger partial charge on any atom is -0.497 e. The Balaban J connectivity index is 1.58. The van der Waals surface area contributed by atoms with Crippen molar-refractivity contribution in [3.05, 3.63) is 35.4 Å². The largest absolute Gasteiger partial charge is 0.497 e. The van der Waals surface area contributed by atoms with Crippen molar-refractivity contribution in [3.8, 4) is 5.75 Å². The van der Waals surface area contributed by atoms with Crippen molar-refractivity contribution in [3.63, 3.8) is 0 Å². The molecule has 1 saturated heterocycles. The van der Waals surface area contributed by atoms with Crippen molar-refractivity contribution < 1.29 is 4.74 Å². The molecule has 0 saturated carbocycles.